The number of aryl methyl sites for hydroxylation is 1. The molecule has 2 aliphatic heterocycles. The molecule has 3 aliphatic carbocycles. The fourth-order valence-electron chi connectivity index (χ4n) is 13.5. The number of benzene rings is 6. The summed E-state index contributed by atoms with van der Waals surface area (Å²) < 4.78 is 0. The lowest BCUT2D eigenvalue weighted by Crippen LogP contribution is -2.62. The Balaban J connectivity index is 1.30. The molecular weight excluding hydrogens is 820 g/mol. The van der Waals surface area contributed by atoms with Gasteiger partial charge in [-0.05, 0) is 198 Å². The van der Waals surface area contributed by atoms with Gasteiger partial charge >= 0.3 is 6.85 Å². The van der Waals surface area contributed by atoms with Crippen LogP contribution in [0.25, 0.3) is 22.3 Å². The minimum atomic E-state index is -0.0776. The standard InChI is InChI=1S/C65H77BN2/c1-40-32-47-50(63(11,12)29-26-60(47,5)6)37-54(40)67-56-39-52-49(62(9,10)28-31-65(52,15)16)36-53(56)66-58-46(33-43(34-57(58)67)59(2,3)4)45-35-48-51(64(13,14)30-27-61(48,7)8)38-55(45)68(66)44-24-22-42(23-25-44)41-20-18-17-19-21-41/h17-25,32-39H,26-31H2,1-16H3. The largest absolute Gasteiger partial charge is 0.376 e. The quantitative estimate of drug-likeness (QED) is 0.163. The molecule has 0 saturated carbocycles. The van der Waals surface area contributed by atoms with Crippen LogP contribution in [-0.4, -0.2) is 6.85 Å². The van der Waals surface area contributed by atoms with Crippen LogP contribution in [0.15, 0.2) is 103 Å². The molecule has 6 aromatic rings. The molecule has 0 aromatic heterocycles. The predicted octanol–water partition coefficient (Wildman–Crippen LogP) is 16.7. The molecule has 3 heteroatoms. The highest BCUT2D eigenvalue weighted by Gasteiger charge is 2.50. The van der Waals surface area contributed by atoms with Crippen LogP contribution in [0, 0.1) is 6.92 Å². The first-order chi connectivity index (χ1) is 31.7. The van der Waals surface area contributed by atoms with Crippen molar-refractivity contribution in [3.63, 3.8) is 0 Å². The van der Waals surface area contributed by atoms with Gasteiger partial charge in [-0.15, -0.1) is 0 Å². The van der Waals surface area contributed by atoms with Crippen molar-refractivity contribution in [1.82, 2.24) is 0 Å². The molecule has 5 aliphatic rings. The van der Waals surface area contributed by atoms with Gasteiger partial charge in [0.2, 0.25) is 0 Å². The van der Waals surface area contributed by atoms with Crippen LogP contribution in [0.5, 0.6) is 0 Å². The summed E-state index contributed by atoms with van der Waals surface area (Å²) in [5.41, 5.74) is 26.9. The monoisotopic (exact) mass is 897 g/mol. The minimum Gasteiger partial charge on any atom is -0.376 e. The van der Waals surface area contributed by atoms with Crippen molar-refractivity contribution >= 4 is 46.2 Å². The summed E-state index contributed by atoms with van der Waals surface area (Å²) in [6.07, 6.45) is 7.11. The summed E-state index contributed by atoms with van der Waals surface area (Å²) in [5, 5.41) is 0. The molecule has 0 amide bonds. The average Bonchev–Trinajstić information content (AvgIpc) is 3.28. The molecule has 0 saturated heterocycles. The van der Waals surface area contributed by atoms with E-state index in [1.807, 2.05) is 0 Å². The van der Waals surface area contributed by atoms with E-state index in [9.17, 15) is 0 Å². The highest BCUT2D eigenvalue weighted by Crippen LogP contribution is 2.57. The van der Waals surface area contributed by atoms with Crippen LogP contribution in [0.3, 0.4) is 0 Å². The Bertz CT molecular complexity index is 3060. The molecule has 6 aromatic carbocycles. The van der Waals surface area contributed by atoms with E-state index in [4.69, 9.17) is 0 Å². The Morgan fingerprint density at radius 3 is 1.38 bits per heavy atom. The van der Waals surface area contributed by atoms with Crippen LogP contribution < -0.4 is 20.6 Å². The van der Waals surface area contributed by atoms with Crippen molar-refractivity contribution < 1.29 is 0 Å². The van der Waals surface area contributed by atoms with Crippen LogP contribution in [0.2, 0.25) is 0 Å². The lowest BCUT2D eigenvalue weighted by Gasteiger charge is -2.50. The maximum Gasteiger partial charge on any atom is 0.333 e. The van der Waals surface area contributed by atoms with Crippen molar-refractivity contribution in [2.75, 3.05) is 9.71 Å². The molecule has 350 valence electrons. The maximum absolute atomic E-state index is 2.79. The minimum absolute atomic E-state index is 0.0463. The van der Waals surface area contributed by atoms with Crippen LogP contribution in [-0.2, 0) is 37.9 Å². The van der Waals surface area contributed by atoms with E-state index in [0.717, 1.165) is 0 Å². The van der Waals surface area contributed by atoms with Gasteiger partial charge in [0.05, 0.1) is 0 Å². The van der Waals surface area contributed by atoms with Crippen molar-refractivity contribution in [2.24, 2.45) is 0 Å². The molecule has 2 nitrogen and oxygen atoms in total. The highest BCUT2D eigenvalue weighted by atomic mass is 15.2. The number of rotatable bonds is 3. The van der Waals surface area contributed by atoms with Gasteiger partial charge < -0.3 is 9.71 Å². The van der Waals surface area contributed by atoms with Gasteiger partial charge in [-0.3, -0.25) is 0 Å². The lowest BCUT2D eigenvalue weighted by atomic mass is 9.42. The number of fused-ring (bicyclic) bond motifs is 7. The van der Waals surface area contributed by atoms with E-state index in [0.29, 0.717) is 0 Å². The van der Waals surface area contributed by atoms with E-state index in [-0.39, 0.29) is 44.8 Å². The molecule has 0 fully saturated rings. The second-order valence-corrected chi connectivity index (χ2v) is 27.1. The number of nitrogens with zero attached hydrogens (tertiary/aromatic N) is 2. The van der Waals surface area contributed by atoms with Crippen molar-refractivity contribution in [3.05, 3.63) is 148 Å². The number of hydrogen-bond acceptors (Lipinski definition) is 2. The summed E-state index contributed by atoms with van der Waals surface area (Å²) in [6.45, 7) is 39.5. The molecule has 2 heterocycles. The summed E-state index contributed by atoms with van der Waals surface area (Å²) in [4.78, 5) is 5.57. The van der Waals surface area contributed by atoms with Gasteiger partial charge in [0, 0.05) is 34.0 Å². The first-order valence-corrected chi connectivity index (χ1v) is 26.2. The Kier molecular flexibility index (Phi) is 9.70. The van der Waals surface area contributed by atoms with Crippen molar-refractivity contribution in [2.45, 2.75) is 187 Å². The zero-order valence-corrected chi connectivity index (χ0v) is 44.5. The van der Waals surface area contributed by atoms with E-state index < -0.39 is 0 Å². The van der Waals surface area contributed by atoms with E-state index in [1.54, 1.807) is 0 Å². The normalized spacial score (nSPS) is 20.6. The summed E-state index contributed by atoms with van der Waals surface area (Å²) >= 11 is 0. The molecular formula is C65H77BN2. The van der Waals surface area contributed by atoms with E-state index in [1.165, 1.54) is 145 Å². The molecule has 0 spiro atoms. The SMILES string of the molecule is Cc1cc2c(cc1N1c3cc4c(cc3B3c5c(cc(C(C)(C)C)cc51)-c1cc5c(cc1N3c1ccc(-c3ccccc3)cc1)C(C)(C)CCC5(C)C)C(C)(C)CCC4(C)C)C(C)(C)CCC2(C)C. The molecule has 0 bridgehead atoms. The molecule has 0 N–H and O–H groups in total. The highest BCUT2D eigenvalue weighted by molar-refractivity contribution is 6.93. The smallest absolute Gasteiger partial charge is 0.333 e. The Labute approximate surface area is 411 Å². The second kappa shape index (κ2) is 14.5. The lowest BCUT2D eigenvalue weighted by molar-refractivity contribution is 0.331. The van der Waals surface area contributed by atoms with Crippen LogP contribution >= 0.6 is 0 Å². The third kappa shape index (κ3) is 6.77. The van der Waals surface area contributed by atoms with Crippen LogP contribution in [0.4, 0.5) is 28.4 Å². The predicted molar refractivity (Wildman–Crippen MR) is 295 cm³/mol. The van der Waals surface area contributed by atoms with E-state index in [2.05, 4.69) is 224 Å². The topological polar surface area (TPSA) is 6.48 Å². The fraction of sp³-hybridized carbons (Fsp3) is 0.446. The van der Waals surface area contributed by atoms with Crippen molar-refractivity contribution in [3.8, 4) is 22.3 Å². The molecule has 0 radical (unpaired) electrons. The zero-order valence-electron chi connectivity index (χ0n) is 44.5. The Morgan fingerprint density at radius 2 is 0.868 bits per heavy atom. The second-order valence-electron chi connectivity index (χ2n) is 27.1. The van der Waals surface area contributed by atoms with Gasteiger partial charge in [-0.2, -0.15) is 0 Å². The average molecular weight is 897 g/mol. The molecule has 0 atom stereocenters. The Morgan fingerprint density at radius 1 is 0.426 bits per heavy atom. The van der Waals surface area contributed by atoms with Gasteiger partial charge in [-0.25, -0.2) is 0 Å². The summed E-state index contributed by atoms with van der Waals surface area (Å²) in [5.74, 6) is 0. The first kappa shape index (κ1) is 45.4. The molecule has 68 heavy (non-hydrogen) atoms. The third-order valence-electron chi connectivity index (χ3n) is 18.5. The maximum atomic E-state index is 2.79. The fourth-order valence-corrected chi connectivity index (χ4v) is 13.5. The van der Waals surface area contributed by atoms with Gasteiger partial charge in [0.1, 0.15) is 0 Å². The van der Waals surface area contributed by atoms with Gasteiger partial charge in [-0.1, -0.05) is 165 Å². The Hall–Kier alpha value is -5.02. The summed E-state index contributed by atoms with van der Waals surface area (Å²) in [6, 6.07) is 41.7. The number of anilines is 5. The summed E-state index contributed by atoms with van der Waals surface area (Å²) in [7, 11) is 0. The van der Waals surface area contributed by atoms with Gasteiger partial charge in [0.15, 0.2) is 0 Å². The zero-order chi connectivity index (χ0) is 48.5. The number of hydrogen-bond donors (Lipinski definition) is 0. The van der Waals surface area contributed by atoms with Gasteiger partial charge in [0.25, 0.3) is 0 Å². The molecule has 0 unspecified atom stereocenters. The first-order valence-electron chi connectivity index (χ1n) is 26.2. The third-order valence-corrected chi connectivity index (χ3v) is 18.5. The van der Waals surface area contributed by atoms with E-state index >= 15 is 0 Å². The van der Waals surface area contributed by atoms with Crippen molar-refractivity contribution in [1.29, 1.82) is 0 Å². The molecule has 11 rings (SSSR count). The van der Waals surface area contributed by atoms with Crippen LogP contribution in [0.1, 0.15) is 187 Å².